The van der Waals surface area contributed by atoms with Crippen LogP contribution in [0.3, 0.4) is 0 Å². The number of carbonyl (C=O) groups is 2. The molecule has 0 aliphatic carbocycles. The minimum atomic E-state index is -0.329. The third-order valence-electron chi connectivity index (χ3n) is 3.50. The molecular formula is C19H20BrN3O3. The Kier molecular flexibility index (Phi) is 7.35. The van der Waals surface area contributed by atoms with E-state index in [4.69, 9.17) is 4.74 Å². The first-order valence-electron chi connectivity index (χ1n) is 7.96. The van der Waals surface area contributed by atoms with E-state index in [1.165, 1.54) is 0 Å². The number of carbonyl (C=O) groups excluding carboxylic acids is 2. The maximum absolute atomic E-state index is 12.0. The summed E-state index contributed by atoms with van der Waals surface area (Å²) in [4.78, 5) is 24.0. The first kappa shape index (κ1) is 19.7. The minimum Gasteiger partial charge on any atom is -0.497 e. The van der Waals surface area contributed by atoms with Crippen LogP contribution in [0, 0.1) is 0 Å². The van der Waals surface area contributed by atoms with Gasteiger partial charge >= 0.3 is 0 Å². The summed E-state index contributed by atoms with van der Waals surface area (Å²) in [6, 6.07) is 14.4. The van der Waals surface area contributed by atoms with Crippen molar-refractivity contribution in [2.45, 2.75) is 19.9 Å². The van der Waals surface area contributed by atoms with E-state index in [-0.39, 0.29) is 18.2 Å². The van der Waals surface area contributed by atoms with Crippen molar-refractivity contribution in [3.63, 3.8) is 0 Å². The molecule has 6 nitrogen and oxygen atoms in total. The molecule has 0 aromatic heterocycles. The molecule has 0 spiro atoms. The zero-order chi connectivity index (χ0) is 18.9. The summed E-state index contributed by atoms with van der Waals surface area (Å²) >= 11 is 3.31. The van der Waals surface area contributed by atoms with Crippen LogP contribution in [0.4, 0.5) is 0 Å². The molecule has 0 aliphatic heterocycles. The molecule has 2 aromatic carbocycles. The number of hydrazone groups is 1. The second kappa shape index (κ2) is 9.72. The van der Waals surface area contributed by atoms with E-state index in [0.717, 1.165) is 15.8 Å². The van der Waals surface area contributed by atoms with Gasteiger partial charge in [0.25, 0.3) is 5.91 Å². The number of hydrogen-bond donors (Lipinski definition) is 2. The van der Waals surface area contributed by atoms with Crippen molar-refractivity contribution in [3.8, 4) is 5.75 Å². The van der Waals surface area contributed by atoms with Crippen LogP contribution in [0.15, 0.2) is 58.1 Å². The number of amides is 2. The topological polar surface area (TPSA) is 79.8 Å². The molecule has 0 fully saturated rings. The number of halogens is 1. The molecule has 2 amide bonds. The average molecular weight is 418 g/mol. The van der Waals surface area contributed by atoms with Gasteiger partial charge in [-0.3, -0.25) is 9.59 Å². The second-order valence-electron chi connectivity index (χ2n) is 5.60. The number of hydrogen-bond acceptors (Lipinski definition) is 4. The van der Waals surface area contributed by atoms with E-state index in [2.05, 4.69) is 31.8 Å². The van der Waals surface area contributed by atoms with E-state index >= 15 is 0 Å². The number of benzene rings is 2. The lowest BCUT2D eigenvalue weighted by atomic mass is 10.2. The van der Waals surface area contributed by atoms with Gasteiger partial charge in [0.15, 0.2) is 0 Å². The Hall–Kier alpha value is -2.67. The van der Waals surface area contributed by atoms with Crippen molar-refractivity contribution in [2.24, 2.45) is 5.10 Å². The monoisotopic (exact) mass is 417 g/mol. The highest BCUT2D eigenvalue weighted by molar-refractivity contribution is 9.10. The van der Waals surface area contributed by atoms with Gasteiger partial charge in [-0.05, 0) is 42.8 Å². The molecule has 7 heteroatoms. The third kappa shape index (κ3) is 6.33. The summed E-state index contributed by atoms with van der Waals surface area (Å²) in [6.07, 6.45) is 0.106. The van der Waals surface area contributed by atoms with Crippen molar-refractivity contribution < 1.29 is 14.3 Å². The zero-order valence-electron chi connectivity index (χ0n) is 14.6. The Morgan fingerprint density at radius 1 is 1.15 bits per heavy atom. The predicted octanol–water partition coefficient (Wildman–Crippen LogP) is 3.27. The number of nitrogens with zero attached hydrogens (tertiary/aromatic N) is 1. The first-order valence-corrected chi connectivity index (χ1v) is 8.76. The van der Waals surface area contributed by atoms with Gasteiger partial charge in [-0.2, -0.15) is 5.10 Å². The standard InChI is InChI=1S/C19H20BrN3O3/c1-13(22-23-19(25)15-4-3-5-16(20)11-15)10-18(24)21-12-14-6-8-17(26-2)9-7-14/h3-9,11H,10,12H2,1-2H3,(H,21,24)(H,23,25). The van der Waals surface area contributed by atoms with Gasteiger partial charge in [-0.25, -0.2) is 5.43 Å². The number of rotatable bonds is 7. The van der Waals surface area contributed by atoms with Gasteiger partial charge in [0, 0.05) is 22.3 Å². The highest BCUT2D eigenvalue weighted by atomic mass is 79.9. The lowest BCUT2D eigenvalue weighted by Crippen LogP contribution is -2.26. The molecule has 0 aliphatic rings. The molecule has 136 valence electrons. The van der Waals surface area contributed by atoms with Gasteiger partial charge in [0.1, 0.15) is 5.75 Å². The smallest absolute Gasteiger partial charge is 0.271 e. The quantitative estimate of drug-likeness (QED) is 0.535. The SMILES string of the molecule is COc1ccc(CNC(=O)CC(C)=NNC(=O)c2cccc(Br)c2)cc1. The molecule has 0 radical (unpaired) electrons. The molecule has 2 N–H and O–H groups in total. The summed E-state index contributed by atoms with van der Waals surface area (Å²) in [7, 11) is 1.61. The third-order valence-corrected chi connectivity index (χ3v) is 3.99. The molecular weight excluding hydrogens is 398 g/mol. The van der Waals surface area contributed by atoms with E-state index in [1.54, 1.807) is 32.2 Å². The van der Waals surface area contributed by atoms with E-state index in [1.807, 2.05) is 30.3 Å². The van der Waals surface area contributed by atoms with Crippen molar-refractivity contribution in [1.29, 1.82) is 0 Å². The van der Waals surface area contributed by atoms with Crippen molar-refractivity contribution in [3.05, 3.63) is 64.1 Å². The average Bonchev–Trinajstić information content (AvgIpc) is 2.65. The maximum Gasteiger partial charge on any atom is 0.271 e. The van der Waals surface area contributed by atoms with Crippen molar-refractivity contribution in [1.82, 2.24) is 10.7 Å². The van der Waals surface area contributed by atoms with E-state index in [0.29, 0.717) is 17.8 Å². The zero-order valence-corrected chi connectivity index (χ0v) is 16.2. The van der Waals surface area contributed by atoms with Crippen molar-refractivity contribution in [2.75, 3.05) is 7.11 Å². The van der Waals surface area contributed by atoms with Gasteiger partial charge in [-0.15, -0.1) is 0 Å². The fourth-order valence-corrected chi connectivity index (χ4v) is 2.52. The van der Waals surface area contributed by atoms with Gasteiger partial charge in [-0.1, -0.05) is 34.1 Å². The highest BCUT2D eigenvalue weighted by Crippen LogP contribution is 2.12. The van der Waals surface area contributed by atoms with Gasteiger partial charge < -0.3 is 10.1 Å². The van der Waals surface area contributed by atoms with E-state index in [9.17, 15) is 9.59 Å². The molecule has 0 atom stereocenters. The Balaban J connectivity index is 1.80. The van der Waals surface area contributed by atoms with Crippen LogP contribution in [0.1, 0.15) is 29.3 Å². The second-order valence-corrected chi connectivity index (χ2v) is 6.52. The van der Waals surface area contributed by atoms with Crippen LogP contribution in [-0.4, -0.2) is 24.6 Å². The fraction of sp³-hybridized carbons (Fsp3) is 0.211. The fourth-order valence-electron chi connectivity index (χ4n) is 2.12. The normalized spacial score (nSPS) is 11.0. The minimum absolute atomic E-state index is 0.106. The Labute approximate surface area is 160 Å². The van der Waals surface area contributed by atoms with Gasteiger partial charge in [0.2, 0.25) is 5.91 Å². The lowest BCUT2D eigenvalue weighted by molar-refractivity contribution is -0.120. The van der Waals surface area contributed by atoms with Crippen LogP contribution in [-0.2, 0) is 11.3 Å². The summed E-state index contributed by atoms with van der Waals surface area (Å²) in [5.41, 5.74) is 4.42. The predicted molar refractivity (Wildman–Crippen MR) is 104 cm³/mol. The van der Waals surface area contributed by atoms with Crippen LogP contribution in [0.5, 0.6) is 5.75 Å². The molecule has 0 heterocycles. The summed E-state index contributed by atoms with van der Waals surface area (Å²) in [5.74, 6) is 0.271. The van der Waals surface area contributed by atoms with Crippen LogP contribution in [0.2, 0.25) is 0 Å². The summed E-state index contributed by atoms with van der Waals surface area (Å²) in [6.45, 7) is 2.11. The summed E-state index contributed by atoms with van der Waals surface area (Å²) < 4.78 is 5.90. The van der Waals surface area contributed by atoms with Gasteiger partial charge in [0.05, 0.1) is 13.5 Å². The molecule has 0 saturated heterocycles. The molecule has 0 unspecified atom stereocenters. The molecule has 2 rings (SSSR count). The lowest BCUT2D eigenvalue weighted by Gasteiger charge is -2.07. The molecule has 2 aromatic rings. The highest BCUT2D eigenvalue weighted by Gasteiger charge is 2.07. The van der Waals surface area contributed by atoms with E-state index < -0.39 is 0 Å². The Bertz CT molecular complexity index is 804. The van der Waals surface area contributed by atoms with Crippen LogP contribution >= 0.6 is 15.9 Å². The first-order chi connectivity index (χ1) is 12.5. The largest absolute Gasteiger partial charge is 0.497 e. The van der Waals surface area contributed by atoms with Crippen LogP contribution < -0.4 is 15.5 Å². The summed E-state index contributed by atoms with van der Waals surface area (Å²) in [5, 5.41) is 6.79. The number of ether oxygens (including phenoxy) is 1. The molecule has 0 saturated carbocycles. The Morgan fingerprint density at radius 2 is 1.88 bits per heavy atom. The number of nitrogens with one attached hydrogen (secondary N) is 2. The molecule has 26 heavy (non-hydrogen) atoms. The number of methoxy groups -OCH3 is 1. The molecule has 0 bridgehead atoms. The van der Waals surface area contributed by atoms with Crippen molar-refractivity contribution >= 4 is 33.5 Å². The maximum atomic E-state index is 12.0. The van der Waals surface area contributed by atoms with Crippen LogP contribution in [0.25, 0.3) is 0 Å². The Morgan fingerprint density at radius 3 is 2.54 bits per heavy atom.